The molecule has 0 amide bonds. The normalized spacial score (nSPS) is 25.9. The second-order valence-corrected chi connectivity index (χ2v) is 9.94. The van der Waals surface area contributed by atoms with Crippen molar-refractivity contribution in [1.29, 1.82) is 0 Å². The first-order valence-corrected chi connectivity index (χ1v) is 11.7. The molecule has 1 N–H and O–H groups in total. The summed E-state index contributed by atoms with van der Waals surface area (Å²) in [5.41, 5.74) is 2.30. The average molecular weight is 428 g/mol. The molecule has 170 valence electrons. The van der Waals surface area contributed by atoms with Crippen LogP contribution >= 0.6 is 0 Å². The molecule has 0 aromatic carbocycles. The Bertz CT molecular complexity index is 878. The quantitative estimate of drug-likeness (QED) is 0.681. The van der Waals surface area contributed by atoms with Gasteiger partial charge in [0.2, 0.25) is 5.89 Å². The van der Waals surface area contributed by atoms with Crippen LogP contribution in [0.15, 0.2) is 28.6 Å². The van der Waals surface area contributed by atoms with Gasteiger partial charge in [-0.3, -0.25) is 0 Å². The summed E-state index contributed by atoms with van der Waals surface area (Å²) >= 11 is 0. The highest BCUT2D eigenvalue weighted by molar-refractivity contribution is 5.44. The predicted molar refractivity (Wildman–Crippen MR) is 120 cm³/mol. The first-order valence-electron chi connectivity index (χ1n) is 11.7. The molecular weight excluding hydrogens is 390 g/mol. The highest BCUT2D eigenvalue weighted by Crippen LogP contribution is 2.39. The molecule has 0 unspecified atom stereocenters. The molecule has 0 bridgehead atoms. The largest absolute Gasteiger partial charge is 0.419 e. The maximum Gasteiger partial charge on any atom is 0.265 e. The van der Waals surface area contributed by atoms with Crippen LogP contribution in [0.2, 0.25) is 0 Å². The van der Waals surface area contributed by atoms with Crippen molar-refractivity contribution in [2.24, 2.45) is 36.6 Å². The van der Waals surface area contributed by atoms with Crippen molar-refractivity contribution in [3.8, 4) is 11.6 Å². The third-order valence-electron chi connectivity index (χ3n) is 7.44. The molecule has 1 aliphatic carbocycles. The summed E-state index contributed by atoms with van der Waals surface area (Å²) in [4.78, 5) is 6.74. The molecule has 0 saturated carbocycles. The minimum absolute atomic E-state index is 0.338. The van der Waals surface area contributed by atoms with Crippen molar-refractivity contribution in [3.63, 3.8) is 0 Å². The molecule has 2 aliphatic rings. The summed E-state index contributed by atoms with van der Waals surface area (Å²) in [5.74, 6) is 4.08. The van der Waals surface area contributed by atoms with Gasteiger partial charge in [0.1, 0.15) is 5.69 Å². The van der Waals surface area contributed by atoms with Gasteiger partial charge in [0, 0.05) is 26.6 Å². The van der Waals surface area contributed by atoms with E-state index in [-0.39, 0.29) is 0 Å². The Morgan fingerprint density at radius 1 is 1.23 bits per heavy atom. The Morgan fingerprint density at radius 2 is 2.00 bits per heavy atom. The average Bonchev–Trinajstić information content (AvgIpc) is 3.38. The number of rotatable bonds is 7. The molecule has 1 fully saturated rings. The zero-order valence-electron chi connectivity index (χ0n) is 19.4. The monoisotopic (exact) mass is 427 g/mol. The van der Waals surface area contributed by atoms with E-state index in [2.05, 4.69) is 46.9 Å². The number of hydrogen-bond donors (Lipinski definition) is 1. The van der Waals surface area contributed by atoms with Gasteiger partial charge >= 0.3 is 0 Å². The van der Waals surface area contributed by atoms with Crippen LogP contribution in [0.1, 0.15) is 45.9 Å². The molecule has 0 radical (unpaired) electrons. The Balaban J connectivity index is 1.43. The Kier molecular flexibility index (Phi) is 6.92. The number of hydrogen-bond acceptors (Lipinski definition) is 6. The van der Waals surface area contributed by atoms with Crippen LogP contribution in [0, 0.1) is 29.6 Å². The molecule has 1 saturated heterocycles. The van der Waals surface area contributed by atoms with Gasteiger partial charge in [-0.15, -0.1) is 10.2 Å². The fourth-order valence-corrected chi connectivity index (χ4v) is 5.35. The van der Waals surface area contributed by atoms with Gasteiger partial charge in [0.25, 0.3) is 5.89 Å². The van der Waals surface area contributed by atoms with E-state index in [0.29, 0.717) is 48.0 Å². The number of aryl methyl sites for hydroxylation is 1. The standard InChI is InChI=1S/C24H37N5O2/c1-16(2)21-10-19(11-23-26-27-24(31-23)22-12-25-15-28(22)4)17(3)9-20(21)13-29-7-5-18(14-30)6-8-29/h9,12,15-16,18-21,30H,5-8,10-11,13-14H2,1-4H3/t19-,20-,21-/m0/s1. The number of aliphatic hydroxyl groups is 1. The van der Waals surface area contributed by atoms with Crippen LogP contribution < -0.4 is 0 Å². The summed E-state index contributed by atoms with van der Waals surface area (Å²) < 4.78 is 7.88. The molecule has 7 heteroatoms. The summed E-state index contributed by atoms with van der Waals surface area (Å²) in [6.07, 6.45) is 10.2. The minimum atomic E-state index is 0.338. The molecule has 2 aromatic rings. The zero-order chi connectivity index (χ0) is 22.0. The van der Waals surface area contributed by atoms with Crippen molar-refractivity contribution in [2.45, 2.75) is 46.5 Å². The van der Waals surface area contributed by atoms with E-state index in [0.717, 1.165) is 44.6 Å². The number of nitrogens with zero attached hydrogens (tertiary/aromatic N) is 5. The molecule has 31 heavy (non-hydrogen) atoms. The van der Waals surface area contributed by atoms with Crippen LogP contribution in [0.25, 0.3) is 11.6 Å². The first kappa shape index (κ1) is 22.2. The summed E-state index contributed by atoms with van der Waals surface area (Å²) in [7, 11) is 1.93. The predicted octanol–water partition coefficient (Wildman–Crippen LogP) is 3.57. The van der Waals surface area contributed by atoms with Crippen LogP contribution in [0.3, 0.4) is 0 Å². The van der Waals surface area contributed by atoms with Crippen molar-refractivity contribution >= 4 is 0 Å². The molecule has 1 aliphatic heterocycles. The van der Waals surface area contributed by atoms with Crippen molar-refractivity contribution < 1.29 is 9.52 Å². The number of allylic oxidation sites excluding steroid dienone is 1. The van der Waals surface area contributed by atoms with E-state index in [9.17, 15) is 5.11 Å². The van der Waals surface area contributed by atoms with Gasteiger partial charge < -0.3 is 19.0 Å². The maximum atomic E-state index is 9.42. The van der Waals surface area contributed by atoms with E-state index in [4.69, 9.17) is 4.42 Å². The maximum absolute atomic E-state index is 9.42. The van der Waals surface area contributed by atoms with Gasteiger partial charge in [-0.2, -0.15) is 0 Å². The van der Waals surface area contributed by atoms with Crippen molar-refractivity contribution in [3.05, 3.63) is 30.1 Å². The Morgan fingerprint density at radius 3 is 2.65 bits per heavy atom. The zero-order valence-corrected chi connectivity index (χ0v) is 19.4. The molecule has 2 aromatic heterocycles. The van der Waals surface area contributed by atoms with Gasteiger partial charge in [0.05, 0.1) is 12.5 Å². The van der Waals surface area contributed by atoms with Gasteiger partial charge in [-0.25, -0.2) is 4.98 Å². The second-order valence-electron chi connectivity index (χ2n) is 9.94. The number of likely N-dealkylation sites (tertiary alicyclic amines) is 1. The van der Waals surface area contributed by atoms with E-state index >= 15 is 0 Å². The fraction of sp³-hybridized carbons (Fsp3) is 0.708. The lowest BCUT2D eigenvalue weighted by atomic mass is 9.69. The lowest BCUT2D eigenvalue weighted by molar-refractivity contribution is 0.103. The second kappa shape index (κ2) is 9.65. The van der Waals surface area contributed by atoms with Crippen LogP contribution in [0.4, 0.5) is 0 Å². The van der Waals surface area contributed by atoms with Crippen LogP contribution in [0.5, 0.6) is 0 Å². The summed E-state index contributed by atoms with van der Waals surface area (Å²) in [6, 6.07) is 0. The molecule has 4 rings (SSSR count). The van der Waals surface area contributed by atoms with E-state index in [1.54, 1.807) is 12.5 Å². The number of piperidine rings is 1. The molecule has 3 atom stereocenters. The van der Waals surface area contributed by atoms with Gasteiger partial charge in [-0.1, -0.05) is 25.5 Å². The topological polar surface area (TPSA) is 80.2 Å². The van der Waals surface area contributed by atoms with E-state index in [1.165, 1.54) is 12.0 Å². The third kappa shape index (κ3) is 5.09. The molecule has 7 nitrogen and oxygen atoms in total. The highest BCUT2D eigenvalue weighted by atomic mass is 16.4. The van der Waals surface area contributed by atoms with Crippen LogP contribution in [-0.4, -0.2) is 56.0 Å². The first-order chi connectivity index (χ1) is 14.9. The van der Waals surface area contributed by atoms with Crippen LogP contribution in [-0.2, 0) is 13.5 Å². The SMILES string of the molecule is CC1=C[C@@H](CN2CCC(CO)CC2)[C@H](C(C)C)C[C@H]1Cc1nnc(-c2cncn2C)o1. The molecular formula is C24H37N5O2. The van der Waals surface area contributed by atoms with Crippen molar-refractivity contribution in [2.75, 3.05) is 26.2 Å². The number of imidazole rings is 1. The lowest BCUT2D eigenvalue weighted by Crippen LogP contribution is -2.41. The number of aliphatic hydroxyl groups excluding tert-OH is 1. The summed E-state index contributed by atoms with van der Waals surface area (Å²) in [6.45, 7) is 10.7. The molecule has 3 heterocycles. The Labute approximate surface area is 185 Å². The Hall–Kier alpha value is -1.99. The number of aromatic nitrogens is 4. The van der Waals surface area contributed by atoms with E-state index in [1.807, 2.05) is 11.6 Å². The fourth-order valence-electron chi connectivity index (χ4n) is 5.35. The summed E-state index contributed by atoms with van der Waals surface area (Å²) in [5, 5.41) is 18.0. The third-order valence-corrected chi connectivity index (χ3v) is 7.44. The highest BCUT2D eigenvalue weighted by Gasteiger charge is 2.34. The minimum Gasteiger partial charge on any atom is -0.419 e. The van der Waals surface area contributed by atoms with Crippen molar-refractivity contribution in [1.82, 2.24) is 24.6 Å². The van der Waals surface area contributed by atoms with E-state index < -0.39 is 0 Å². The smallest absolute Gasteiger partial charge is 0.265 e. The van der Waals surface area contributed by atoms with Gasteiger partial charge in [0.15, 0.2) is 0 Å². The van der Waals surface area contributed by atoms with Gasteiger partial charge in [-0.05, 0) is 68.9 Å². The lowest BCUT2D eigenvalue weighted by Gasteiger charge is -2.40. The molecule has 0 spiro atoms.